The second kappa shape index (κ2) is 9.85. The number of thioether (sulfide) groups is 1. The summed E-state index contributed by atoms with van der Waals surface area (Å²) in [6.45, 7) is 3.58. The number of aryl methyl sites for hydroxylation is 1. The van der Waals surface area contributed by atoms with Gasteiger partial charge in [-0.1, -0.05) is 59.8 Å². The van der Waals surface area contributed by atoms with Crippen LogP contribution in [0, 0.1) is 12.8 Å². The maximum atomic E-state index is 12.8. The van der Waals surface area contributed by atoms with E-state index in [-0.39, 0.29) is 17.2 Å². The van der Waals surface area contributed by atoms with Crippen LogP contribution >= 0.6 is 11.8 Å². The van der Waals surface area contributed by atoms with Crippen molar-refractivity contribution in [1.82, 2.24) is 24.6 Å². The zero-order chi connectivity index (χ0) is 23.5. The number of carbonyl (C=O) groups excluding carboxylic acids is 1. The van der Waals surface area contributed by atoms with Crippen LogP contribution in [-0.2, 0) is 11.2 Å². The summed E-state index contributed by atoms with van der Waals surface area (Å²) >= 11 is 1.27. The Morgan fingerprint density at radius 2 is 1.82 bits per heavy atom. The lowest BCUT2D eigenvalue weighted by Gasteiger charge is -2.32. The van der Waals surface area contributed by atoms with E-state index in [4.69, 9.17) is 0 Å². The Bertz CT molecular complexity index is 1340. The number of amides is 1. The zero-order valence-corrected chi connectivity index (χ0v) is 19.9. The van der Waals surface area contributed by atoms with Crippen LogP contribution in [0.2, 0.25) is 0 Å². The van der Waals surface area contributed by atoms with Crippen LogP contribution in [-0.4, -0.2) is 49.4 Å². The van der Waals surface area contributed by atoms with E-state index in [0.29, 0.717) is 22.1 Å². The molecule has 0 radical (unpaired) electrons. The summed E-state index contributed by atoms with van der Waals surface area (Å²) in [7, 11) is 0. The molecule has 1 saturated heterocycles. The largest absolute Gasteiger partial charge is 0.342 e. The predicted molar refractivity (Wildman–Crippen MR) is 134 cm³/mol. The van der Waals surface area contributed by atoms with E-state index in [9.17, 15) is 9.59 Å². The maximum absolute atomic E-state index is 12.8. The van der Waals surface area contributed by atoms with Crippen LogP contribution in [0.25, 0.3) is 16.7 Å². The summed E-state index contributed by atoms with van der Waals surface area (Å²) in [4.78, 5) is 34.7. The van der Waals surface area contributed by atoms with Gasteiger partial charge in [-0.15, -0.1) is 0 Å². The first-order valence-corrected chi connectivity index (χ1v) is 12.5. The molecule has 3 heterocycles. The normalized spacial score (nSPS) is 14.6. The molecular weight excluding hydrogens is 446 g/mol. The molecular formula is C26H27N5O2S. The van der Waals surface area contributed by atoms with Crippen molar-refractivity contribution in [3.63, 3.8) is 0 Å². The van der Waals surface area contributed by atoms with E-state index < -0.39 is 0 Å². The standard InChI is InChI=1S/C26H27N5O2S/c1-18-7-9-21(10-8-18)31-24-22(16-27-31)25(33)29-26(28-24)34-17-23(32)30-13-11-20(12-14-30)15-19-5-3-2-4-6-19/h2-10,16,20H,11-15,17H2,1H3,(H,28,29,33). The van der Waals surface area contributed by atoms with E-state index in [1.54, 1.807) is 4.68 Å². The average molecular weight is 474 g/mol. The van der Waals surface area contributed by atoms with E-state index in [1.807, 2.05) is 42.2 Å². The summed E-state index contributed by atoms with van der Waals surface area (Å²) < 4.78 is 1.66. The predicted octanol–water partition coefficient (Wildman–Crippen LogP) is 3.99. The first-order valence-electron chi connectivity index (χ1n) is 11.6. The average Bonchev–Trinajstić information content (AvgIpc) is 3.29. The second-order valence-corrected chi connectivity index (χ2v) is 9.77. The summed E-state index contributed by atoms with van der Waals surface area (Å²) in [5, 5.41) is 5.21. The Morgan fingerprint density at radius 1 is 1.09 bits per heavy atom. The number of aromatic nitrogens is 4. The molecule has 0 unspecified atom stereocenters. The van der Waals surface area contributed by atoms with Gasteiger partial charge in [0.25, 0.3) is 5.56 Å². The van der Waals surface area contributed by atoms with Gasteiger partial charge in [0.1, 0.15) is 5.39 Å². The number of nitrogens with zero attached hydrogens (tertiary/aromatic N) is 4. The molecule has 34 heavy (non-hydrogen) atoms. The lowest BCUT2D eigenvalue weighted by Crippen LogP contribution is -2.39. The van der Waals surface area contributed by atoms with Crippen molar-refractivity contribution in [2.24, 2.45) is 5.92 Å². The van der Waals surface area contributed by atoms with Gasteiger partial charge in [-0.05, 0) is 49.8 Å². The molecule has 1 N–H and O–H groups in total. The SMILES string of the molecule is Cc1ccc(-n2ncc3c(=O)[nH]c(SCC(=O)N4CCC(Cc5ccccc5)CC4)nc32)cc1. The molecule has 0 bridgehead atoms. The number of benzene rings is 2. The monoisotopic (exact) mass is 473 g/mol. The Morgan fingerprint density at radius 3 is 2.56 bits per heavy atom. The highest BCUT2D eigenvalue weighted by Gasteiger charge is 2.23. The number of carbonyl (C=O) groups is 1. The Balaban J connectivity index is 1.22. The zero-order valence-electron chi connectivity index (χ0n) is 19.1. The van der Waals surface area contributed by atoms with Gasteiger partial charge in [0, 0.05) is 13.1 Å². The molecule has 4 aromatic rings. The molecule has 0 saturated carbocycles. The third-order valence-corrected chi connectivity index (χ3v) is 7.22. The van der Waals surface area contributed by atoms with Gasteiger partial charge in [-0.2, -0.15) is 5.10 Å². The topological polar surface area (TPSA) is 83.9 Å². The number of H-pyrrole nitrogens is 1. The summed E-state index contributed by atoms with van der Waals surface area (Å²) in [5.41, 5.74) is 3.58. The van der Waals surface area contributed by atoms with Gasteiger partial charge in [-0.3, -0.25) is 9.59 Å². The van der Waals surface area contributed by atoms with Gasteiger partial charge in [-0.25, -0.2) is 9.67 Å². The third-order valence-electron chi connectivity index (χ3n) is 6.36. The molecule has 174 valence electrons. The van der Waals surface area contributed by atoms with Crippen molar-refractivity contribution in [2.45, 2.75) is 31.3 Å². The van der Waals surface area contributed by atoms with Crippen LogP contribution in [0.5, 0.6) is 0 Å². The van der Waals surface area contributed by atoms with Crippen LogP contribution in [0.1, 0.15) is 24.0 Å². The number of rotatable bonds is 6. The number of fused-ring (bicyclic) bond motifs is 1. The molecule has 1 amide bonds. The van der Waals surface area contributed by atoms with Crippen molar-refractivity contribution in [1.29, 1.82) is 0 Å². The second-order valence-electron chi connectivity index (χ2n) is 8.80. The van der Waals surface area contributed by atoms with Gasteiger partial charge in [0.15, 0.2) is 10.8 Å². The van der Waals surface area contributed by atoms with Crippen molar-refractivity contribution >= 4 is 28.7 Å². The smallest absolute Gasteiger partial charge is 0.262 e. The molecule has 2 aromatic heterocycles. The number of piperidine rings is 1. The van der Waals surface area contributed by atoms with Gasteiger partial charge < -0.3 is 9.88 Å². The number of likely N-dealkylation sites (tertiary alicyclic amines) is 1. The summed E-state index contributed by atoms with van der Waals surface area (Å²) in [5.74, 6) is 0.941. The summed E-state index contributed by atoms with van der Waals surface area (Å²) in [6.07, 6.45) is 4.63. The van der Waals surface area contributed by atoms with Crippen LogP contribution in [0.3, 0.4) is 0 Å². The van der Waals surface area contributed by atoms with Gasteiger partial charge in [0.2, 0.25) is 5.91 Å². The number of hydrogen-bond acceptors (Lipinski definition) is 5. The summed E-state index contributed by atoms with van der Waals surface area (Å²) in [6, 6.07) is 18.4. The first kappa shape index (κ1) is 22.4. The lowest BCUT2D eigenvalue weighted by atomic mass is 9.90. The molecule has 2 aromatic carbocycles. The van der Waals surface area contributed by atoms with E-state index in [2.05, 4.69) is 39.3 Å². The minimum Gasteiger partial charge on any atom is -0.342 e. The molecule has 0 spiro atoms. The molecule has 8 heteroatoms. The molecule has 7 nitrogen and oxygen atoms in total. The molecule has 1 aliphatic rings. The van der Waals surface area contributed by atoms with E-state index in [0.717, 1.165) is 43.6 Å². The highest BCUT2D eigenvalue weighted by molar-refractivity contribution is 7.99. The van der Waals surface area contributed by atoms with Crippen molar-refractivity contribution < 1.29 is 4.79 Å². The quantitative estimate of drug-likeness (QED) is 0.338. The Kier molecular flexibility index (Phi) is 6.49. The van der Waals surface area contributed by atoms with Crippen LogP contribution in [0.4, 0.5) is 0 Å². The van der Waals surface area contributed by atoms with Gasteiger partial charge >= 0.3 is 0 Å². The first-order chi connectivity index (χ1) is 16.6. The minimum absolute atomic E-state index is 0.0814. The minimum atomic E-state index is -0.250. The Labute approximate surface area is 202 Å². The fourth-order valence-electron chi connectivity index (χ4n) is 4.40. The van der Waals surface area contributed by atoms with Crippen LogP contribution < -0.4 is 5.56 Å². The molecule has 0 aliphatic carbocycles. The molecule has 1 aliphatic heterocycles. The maximum Gasteiger partial charge on any atom is 0.262 e. The van der Waals surface area contributed by atoms with Crippen molar-refractivity contribution in [3.8, 4) is 5.69 Å². The molecule has 0 atom stereocenters. The fourth-order valence-corrected chi connectivity index (χ4v) is 5.16. The van der Waals surface area contributed by atoms with Gasteiger partial charge in [0.05, 0.1) is 17.6 Å². The lowest BCUT2D eigenvalue weighted by molar-refractivity contribution is -0.129. The number of nitrogens with one attached hydrogen (secondary N) is 1. The number of hydrogen-bond donors (Lipinski definition) is 1. The third kappa shape index (κ3) is 4.92. The fraction of sp³-hybridized carbons (Fsp3) is 0.308. The molecule has 1 fully saturated rings. The molecule has 5 rings (SSSR count). The van der Waals surface area contributed by atoms with E-state index in [1.165, 1.54) is 23.5 Å². The number of aromatic amines is 1. The highest BCUT2D eigenvalue weighted by Crippen LogP contribution is 2.23. The van der Waals surface area contributed by atoms with Crippen molar-refractivity contribution in [2.75, 3.05) is 18.8 Å². The van der Waals surface area contributed by atoms with E-state index >= 15 is 0 Å². The van der Waals surface area contributed by atoms with Crippen LogP contribution in [0.15, 0.2) is 70.7 Å². The highest BCUT2D eigenvalue weighted by atomic mass is 32.2. The van der Waals surface area contributed by atoms with Crippen molar-refractivity contribution in [3.05, 3.63) is 82.3 Å². The Hall–Kier alpha value is -3.39.